The molecule has 8 heteroatoms. The monoisotopic (exact) mass is 449 g/mol. The molecule has 2 aromatic rings. The number of hydrogen-bond donors (Lipinski definition) is 0. The Labute approximate surface area is 189 Å². The van der Waals surface area contributed by atoms with Crippen LogP contribution in [0.2, 0.25) is 0 Å². The fourth-order valence-electron chi connectivity index (χ4n) is 5.86. The molecule has 4 unspecified atom stereocenters. The van der Waals surface area contributed by atoms with Gasteiger partial charge in [-0.2, -0.15) is 0 Å². The van der Waals surface area contributed by atoms with Crippen LogP contribution in [0, 0.1) is 23.7 Å². The Balaban J connectivity index is 1.15. The third kappa shape index (κ3) is 2.85. The molecular weight excluding hydrogens is 426 g/mol. The van der Waals surface area contributed by atoms with Gasteiger partial charge in [-0.05, 0) is 40.7 Å². The molecule has 1 aromatic heterocycles. The van der Waals surface area contributed by atoms with Crippen molar-refractivity contribution in [2.75, 3.05) is 19.6 Å². The summed E-state index contributed by atoms with van der Waals surface area (Å²) >= 11 is 1.60. The number of thiophene rings is 1. The molecule has 0 spiro atoms. The van der Waals surface area contributed by atoms with E-state index in [1.165, 1.54) is 9.80 Å². The lowest BCUT2D eigenvalue weighted by Gasteiger charge is -2.35. The second-order valence-electron chi connectivity index (χ2n) is 9.08. The first kappa shape index (κ1) is 19.7. The lowest BCUT2D eigenvalue weighted by molar-refractivity contribution is -0.141. The maximum absolute atomic E-state index is 13.1. The van der Waals surface area contributed by atoms with Gasteiger partial charge in [0.15, 0.2) is 0 Å². The summed E-state index contributed by atoms with van der Waals surface area (Å²) in [6, 6.07) is 7.57. The highest BCUT2D eigenvalue weighted by Crippen LogP contribution is 2.52. The minimum Gasteiger partial charge on any atom is -0.322 e. The first-order valence-electron chi connectivity index (χ1n) is 11.1. The van der Waals surface area contributed by atoms with Gasteiger partial charge in [0, 0.05) is 30.8 Å². The summed E-state index contributed by atoms with van der Waals surface area (Å²) in [5.74, 6) is -0.479. The van der Waals surface area contributed by atoms with Gasteiger partial charge < -0.3 is 4.90 Å². The number of urea groups is 1. The number of rotatable bonds is 5. The molecule has 2 bridgehead atoms. The summed E-state index contributed by atoms with van der Waals surface area (Å²) < 4.78 is 1.08. The lowest BCUT2D eigenvalue weighted by atomic mass is 9.85. The largest absolute Gasteiger partial charge is 0.327 e. The fraction of sp³-hybridized carbons (Fsp3) is 0.417. The highest BCUT2D eigenvalue weighted by molar-refractivity contribution is 7.17. The first-order chi connectivity index (χ1) is 15.5. The molecule has 5 amide bonds. The summed E-state index contributed by atoms with van der Waals surface area (Å²) in [6.45, 7) is 0.990. The van der Waals surface area contributed by atoms with E-state index in [1.807, 2.05) is 29.6 Å². The number of imide groups is 2. The maximum atomic E-state index is 13.1. The van der Waals surface area contributed by atoms with E-state index in [-0.39, 0.29) is 73.5 Å². The van der Waals surface area contributed by atoms with Gasteiger partial charge in [0.05, 0.1) is 18.4 Å². The third-order valence-corrected chi connectivity index (χ3v) is 8.45. The van der Waals surface area contributed by atoms with Crippen LogP contribution in [0.25, 0.3) is 10.1 Å². The number of carbonyl (C=O) groups excluding carboxylic acids is 4. The van der Waals surface area contributed by atoms with Gasteiger partial charge in [-0.1, -0.05) is 30.4 Å². The van der Waals surface area contributed by atoms with E-state index in [2.05, 4.69) is 12.2 Å². The molecule has 2 aliphatic heterocycles. The Morgan fingerprint density at radius 1 is 0.906 bits per heavy atom. The average molecular weight is 450 g/mol. The SMILES string of the molecule is O=C1CCN(CCN2C(=O)C3C4C=CC(C4)C3C2=O)C(=O)N1Cc1cccc2ccsc12. The number of amides is 5. The van der Waals surface area contributed by atoms with Crippen LogP contribution < -0.4 is 0 Å². The van der Waals surface area contributed by atoms with Crippen molar-refractivity contribution in [1.82, 2.24) is 14.7 Å². The zero-order valence-electron chi connectivity index (χ0n) is 17.5. The van der Waals surface area contributed by atoms with Gasteiger partial charge in [0.2, 0.25) is 17.7 Å². The molecule has 2 saturated heterocycles. The van der Waals surface area contributed by atoms with Crippen molar-refractivity contribution in [2.45, 2.75) is 19.4 Å². The molecule has 0 radical (unpaired) electrons. The minimum absolute atomic E-state index is 0.0985. The Hall–Kier alpha value is -3.00. The van der Waals surface area contributed by atoms with E-state index in [9.17, 15) is 19.2 Å². The zero-order chi connectivity index (χ0) is 22.0. The summed E-state index contributed by atoms with van der Waals surface area (Å²) in [5.41, 5.74) is 0.946. The topological polar surface area (TPSA) is 78.0 Å². The van der Waals surface area contributed by atoms with E-state index < -0.39 is 0 Å². The fourth-order valence-corrected chi connectivity index (χ4v) is 6.76. The van der Waals surface area contributed by atoms with Gasteiger partial charge in [0.25, 0.3) is 0 Å². The molecule has 1 aromatic carbocycles. The Bertz CT molecular complexity index is 1160. The van der Waals surface area contributed by atoms with Crippen molar-refractivity contribution in [3.8, 4) is 0 Å². The molecule has 1 saturated carbocycles. The van der Waals surface area contributed by atoms with E-state index >= 15 is 0 Å². The normalized spacial score (nSPS) is 29.2. The van der Waals surface area contributed by atoms with Crippen molar-refractivity contribution < 1.29 is 19.2 Å². The molecule has 164 valence electrons. The molecular formula is C24H23N3O4S. The van der Waals surface area contributed by atoms with E-state index in [0.29, 0.717) is 6.54 Å². The number of allylic oxidation sites excluding steroid dienone is 2. The van der Waals surface area contributed by atoms with Gasteiger partial charge in [-0.3, -0.25) is 24.2 Å². The van der Waals surface area contributed by atoms with Crippen molar-refractivity contribution in [1.29, 1.82) is 0 Å². The second kappa shape index (κ2) is 7.27. The number of carbonyl (C=O) groups is 4. The van der Waals surface area contributed by atoms with Crippen molar-refractivity contribution in [2.24, 2.45) is 23.7 Å². The molecule has 3 heterocycles. The highest BCUT2D eigenvalue weighted by atomic mass is 32.1. The van der Waals surface area contributed by atoms with Crippen LogP contribution in [0.1, 0.15) is 18.4 Å². The van der Waals surface area contributed by atoms with Crippen LogP contribution in [-0.2, 0) is 20.9 Å². The van der Waals surface area contributed by atoms with Gasteiger partial charge >= 0.3 is 6.03 Å². The number of likely N-dealkylation sites (tertiary alicyclic amines) is 1. The molecule has 4 atom stereocenters. The van der Waals surface area contributed by atoms with Crippen molar-refractivity contribution in [3.63, 3.8) is 0 Å². The Morgan fingerprint density at radius 2 is 1.66 bits per heavy atom. The highest BCUT2D eigenvalue weighted by Gasteiger charge is 2.59. The number of fused-ring (bicyclic) bond motifs is 6. The summed E-state index contributed by atoms with van der Waals surface area (Å²) in [4.78, 5) is 55.7. The summed E-state index contributed by atoms with van der Waals surface area (Å²) in [6.07, 6.45) is 5.30. The molecule has 32 heavy (non-hydrogen) atoms. The maximum Gasteiger partial charge on any atom is 0.327 e. The van der Waals surface area contributed by atoms with Crippen molar-refractivity contribution in [3.05, 3.63) is 47.4 Å². The molecule has 4 aliphatic rings. The number of benzene rings is 1. The van der Waals surface area contributed by atoms with Gasteiger partial charge in [-0.25, -0.2) is 4.79 Å². The van der Waals surface area contributed by atoms with Crippen LogP contribution in [0.3, 0.4) is 0 Å². The molecule has 3 fully saturated rings. The van der Waals surface area contributed by atoms with E-state index in [4.69, 9.17) is 0 Å². The van der Waals surface area contributed by atoms with Crippen LogP contribution in [0.4, 0.5) is 4.79 Å². The van der Waals surface area contributed by atoms with Crippen LogP contribution in [0.15, 0.2) is 41.8 Å². The smallest absolute Gasteiger partial charge is 0.322 e. The predicted molar refractivity (Wildman–Crippen MR) is 118 cm³/mol. The van der Waals surface area contributed by atoms with Gasteiger partial charge in [0.1, 0.15) is 0 Å². The van der Waals surface area contributed by atoms with Gasteiger partial charge in [-0.15, -0.1) is 11.3 Å². The second-order valence-corrected chi connectivity index (χ2v) is 10.00. The number of hydrogen-bond acceptors (Lipinski definition) is 5. The average Bonchev–Trinajstić information content (AvgIpc) is 3.56. The van der Waals surface area contributed by atoms with E-state index in [1.54, 1.807) is 16.2 Å². The lowest BCUT2D eigenvalue weighted by Crippen LogP contribution is -2.53. The van der Waals surface area contributed by atoms with Crippen LogP contribution >= 0.6 is 11.3 Å². The molecule has 2 aliphatic carbocycles. The molecule has 0 N–H and O–H groups in total. The zero-order valence-corrected chi connectivity index (χ0v) is 18.3. The third-order valence-electron chi connectivity index (χ3n) is 7.44. The standard InChI is InChI=1S/C24H23N3O4S/c28-18-6-8-25(24(31)27(18)13-17-3-1-2-14-7-11-32-21(14)17)9-10-26-22(29)19-15-4-5-16(12-15)20(19)23(26)30/h1-5,7,11,15-16,19-20H,6,8-10,12-13H2. The number of nitrogens with zero attached hydrogens (tertiary/aromatic N) is 3. The molecule has 7 nitrogen and oxygen atoms in total. The molecule has 6 rings (SSSR count). The Morgan fingerprint density at radius 3 is 2.41 bits per heavy atom. The van der Waals surface area contributed by atoms with Crippen LogP contribution in [-0.4, -0.2) is 58.1 Å². The van der Waals surface area contributed by atoms with Crippen molar-refractivity contribution >= 4 is 45.2 Å². The minimum atomic E-state index is -0.351. The summed E-state index contributed by atoms with van der Waals surface area (Å²) in [5, 5.41) is 3.10. The van der Waals surface area contributed by atoms with E-state index in [0.717, 1.165) is 22.1 Å². The predicted octanol–water partition coefficient (Wildman–Crippen LogP) is 2.86. The quantitative estimate of drug-likeness (QED) is 0.520. The summed E-state index contributed by atoms with van der Waals surface area (Å²) in [7, 11) is 0. The van der Waals surface area contributed by atoms with Crippen LogP contribution in [0.5, 0.6) is 0 Å². The Kier molecular flexibility index (Phi) is 4.47. The first-order valence-corrected chi connectivity index (χ1v) is 12.0.